The van der Waals surface area contributed by atoms with E-state index in [2.05, 4.69) is 22.3 Å². The van der Waals surface area contributed by atoms with Crippen LogP contribution in [0.4, 0.5) is 0 Å². The van der Waals surface area contributed by atoms with Crippen molar-refractivity contribution in [2.45, 2.75) is 29.4 Å². The van der Waals surface area contributed by atoms with Crippen LogP contribution in [0.3, 0.4) is 0 Å². The third-order valence-corrected chi connectivity index (χ3v) is 9.21. The summed E-state index contributed by atoms with van der Waals surface area (Å²) in [5, 5.41) is 10.6. The predicted molar refractivity (Wildman–Crippen MR) is 109 cm³/mol. The fourth-order valence-corrected chi connectivity index (χ4v) is 7.36. The minimum atomic E-state index is -3.50. The molecule has 1 aliphatic heterocycles. The molecule has 3 aromatic rings. The molecule has 0 bridgehead atoms. The molecule has 1 atom stereocenters. The van der Waals surface area contributed by atoms with Crippen LogP contribution in [0.5, 0.6) is 0 Å². The highest BCUT2D eigenvalue weighted by Crippen LogP contribution is 2.34. The maximum atomic E-state index is 12.9. The Bertz CT molecular complexity index is 1020. The number of hydrogen-bond donors (Lipinski definition) is 0. The van der Waals surface area contributed by atoms with E-state index in [1.165, 1.54) is 5.56 Å². The molecule has 4 rings (SSSR count). The van der Waals surface area contributed by atoms with E-state index in [0.29, 0.717) is 21.6 Å². The zero-order chi connectivity index (χ0) is 18.9. The Hall–Kier alpha value is -1.32. The Labute approximate surface area is 171 Å². The van der Waals surface area contributed by atoms with Crippen molar-refractivity contribution in [3.63, 3.8) is 0 Å². The lowest BCUT2D eigenvalue weighted by molar-refractivity contribution is 0.315. The Morgan fingerprint density at radius 1 is 1.11 bits per heavy atom. The first-order chi connectivity index (χ1) is 13.0. The zero-order valence-corrected chi connectivity index (χ0v) is 17.6. The van der Waals surface area contributed by atoms with Gasteiger partial charge in [0, 0.05) is 25.4 Å². The van der Waals surface area contributed by atoms with Crippen molar-refractivity contribution in [3.8, 4) is 0 Å². The number of sulfonamides is 1. The fourth-order valence-electron chi connectivity index (χ4n) is 3.20. The van der Waals surface area contributed by atoms with Crippen molar-refractivity contribution in [2.24, 2.45) is 0 Å². The molecule has 0 amide bonds. The minimum absolute atomic E-state index is 0.0889. The number of nitrogens with zero attached hydrogens (tertiary/aromatic N) is 3. The second-order valence-electron chi connectivity index (χ2n) is 6.46. The third kappa shape index (κ3) is 4.25. The van der Waals surface area contributed by atoms with Gasteiger partial charge in [0.25, 0.3) is 10.0 Å². The molecule has 5 nitrogen and oxygen atoms in total. The first-order valence-electron chi connectivity index (χ1n) is 8.64. The van der Waals surface area contributed by atoms with E-state index in [0.717, 1.165) is 40.6 Å². The topological polar surface area (TPSA) is 63.2 Å². The highest BCUT2D eigenvalue weighted by molar-refractivity contribution is 7.91. The number of hydrogen-bond acceptors (Lipinski definition) is 6. The summed E-state index contributed by atoms with van der Waals surface area (Å²) < 4.78 is 28.1. The summed E-state index contributed by atoms with van der Waals surface area (Å²) in [5.41, 5.74) is 1.20. The molecule has 0 saturated carbocycles. The second kappa shape index (κ2) is 7.97. The number of rotatable bonds is 5. The van der Waals surface area contributed by atoms with Crippen LogP contribution in [0.25, 0.3) is 0 Å². The standard InChI is InChI=1S/C18H18ClN3O2S3/c19-15-8-9-17(25-15)27(23,24)22-10-4-7-14(12-22)18-21-20-16(26-18)11-13-5-2-1-3-6-13/h1-3,5-6,8-9,14H,4,7,10-12H2. The summed E-state index contributed by atoms with van der Waals surface area (Å²) in [6.07, 6.45) is 2.49. The molecular weight excluding hydrogens is 422 g/mol. The lowest BCUT2D eigenvalue weighted by atomic mass is 10.0. The average molecular weight is 440 g/mol. The van der Waals surface area contributed by atoms with E-state index in [4.69, 9.17) is 11.6 Å². The summed E-state index contributed by atoms with van der Waals surface area (Å²) in [7, 11) is -3.50. The van der Waals surface area contributed by atoms with Crippen LogP contribution in [0.1, 0.15) is 34.3 Å². The molecule has 142 valence electrons. The molecule has 1 unspecified atom stereocenters. The van der Waals surface area contributed by atoms with Gasteiger partial charge in [0.1, 0.15) is 14.2 Å². The average Bonchev–Trinajstić information content (AvgIpc) is 3.32. The van der Waals surface area contributed by atoms with Crippen molar-refractivity contribution < 1.29 is 8.42 Å². The van der Waals surface area contributed by atoms with E-state index in [9.17, 15) is 8.42 Å². The van der Waals surface area contributed by atoms with Gasteiger partial charge in [0.2, 0.25) is 0 Å². The molecule has 2 aromatic heterocycles. The van der Waals surface area contributed by atoms with Gasteiger partial charge in [-0.2, -0.15) is 4.31 Å². The van der Waals surface area contributed by atoms with Gasteiger partial charge >= 0.3 is 0 Å². The van der Waals surface area contributed by atoms with E-state index < -0.39 is 10.0 Å². The summed E-state index contributed by atoms with van der Waals surface area (Å²) in [6, 6.07) is 13.4. The predicted octanol–water partition coefficient (Wildman–Crippen LogP) is 4.41. The molecule has 1 aliphatic rings. The van der Waals surface area contributed by atoms with Gasteiger partial charge in [-0.05, 0) is 30.5 Å². The van der Waals surface area contributed by atoms with E-state index in [1.807, 2.05) is 18.2 Å². The highest BCUT2D eigenvalue weighted by atomic mass is 35.5. The quantitative estimate of drug-likeness (QED) is 0.590. The van der Waals surface area contributed by atoms with Crippen LogP contribution in [0.15, 0.2) is 46.7 Å². The maximum Gasteiger partial charge on any atom is 0.252 e. The van der Waals surface area contributed by atoms with Gasteiger partial charge in [0.15, 0.2) is 0 Å². The van der Waals surface area contributed by atoms with E-state index in [1.54, 1.807) is 27.8 Å². The summed E-state index contributed by atoms with van der Waals surface area (Å²) in [6.45, 7) is 0.974. The fraction of sp³-hybridized carbons (Fsp3) is 0.333. The Balaban J connectivity index is 1.49. The molecule has 3 heterocycles. The minimum Gasteiger partial charge on any atom is -0.206 e. The van der Waals surface area contributed by atoms with Crippen LogP contribution in [0.2, 0.25) is 4.34 Å². The maximum absolute atomic E-state index is 12.9. The normalized spacial score (nSPS) is 18.6. The van der Waals surface area contributed by atoms with Crippen LogP contribution >= 0.6 is 34.3 Å². The number of thiophene rings is 1. The third-order valence-electron chi connectivity index (χ3n) is 4.56. The molecule has 9 heteroatoms. The van der Waals surface area contributed by atoms with Crippen molar-refractivity contribution >= 4 is 44.3 Å². The number of benzene rings is 1. The van der Waals surface area contributed by atoms with Crippen molar-refractivity contribution in [1.29, 1.82) is 0 Å². The van der Waals surface area contributed by atoms with Crippen LogP contribution < -0.4 is 0 Å². The molecule has 0 aliphatic carbocycles. The smallest absolute Gasteiger partial charge is 0.206 e. The lowest BCUT2D eigenvalue weighted by Gasteiger charge is -2.30. The Kier molecular flexibility index (Phi) is 5.61. The number of aromatic nitrogens is 2. The van der Waals surface area contributed by atoms with Gasteiger partial charge in [0.05, 0.1) is 4.34 Å². The summed E-state index contributed by atoms with van der Waals surface area (Å²) >= 11 is 8.60. The van der Waals surface area contributed by atoms with Crippen LogP contribution in [-0.4, -0.2) is 36.0 Å². The van der Waals surface area contributed by atoms with E-state index in [-0.39, 0.29) is 5.92 Å². The van der Waals surface area contributed by atoms with Gasteiger partial charge in [-0.25, -0.2) is 8.42 Å². The van der Waals surface area contributed by atoms with Crippen molar-refractivity contribution in [3.05, 3.63) is 62.4 Å². The van der Waals surface area contributed by atoms with Crippen LogP contribution in [-0.2, 0) is 16.4 Å². The number of halogens is 1. The van der Waals surface area contributed by atoms with E-state index >= 15 is 0 Å². The van der Waals surface area contributed by atoms with Gasteiger partial charge < -0.3 is 0 Å². The molecule has 1 fully saturated rings. The molecule has 0 radical (unpaired) electrons. The largest absolute Gasteiger partial charge is 0.252 e. The summed E-state index contributed by atoms with van der Waals surface area (Å²) in [5.74, 6) is 0.0889. The monoisotopic (exact) mass is 439 g/mol. The molecule has 1 saturated heterocycles. The molecule has 0 spiro atoms. The number of piperidine rings is 1. The molecule has 0 N–H and O–H groups in total. The lowest BCUT2D eigenvalue weighted by Crippen LogP contribution is -2.38. The van der Waals surface area contributed by atoms with Gasteiger partial charge in [-0.15, -0.1) is 32.9 Å². The Morgan fingerprint density at radius 3 is 2.67 bits per heavy atom. The van der Waals surface area contributed by atoms with Gasteiger partial charge in [-0.1, -0.05) is 41.9 Å². The Morgan fingerprint density at radius 2 is 1.93 bits per heavy atom. The van der Waals surface area contributed by atoms with Crippen LogP contribution in [0, 0.1) is 0 Å². The van der Waals surface area contributed by atoms with Crippen molar-refractivity contribution in [1.82, 2.24) is 14.5 Å². The second-order valence-corrected chi connectivity index (χ2v) is 11.4. The summed E-state index contributed by atoms with van der Waals surface area (Å²) in [4.78, 5) is 0. The molecule has 27 heavy (non-hydrogen) atoms. The highest BCUT2D eigenvalue weighted by Gasteiger charge is 2.33. The molecular formula is C18H18ClN3O2S3. The zero-order valence-electron chi connectivity index (χ0n) is 14.4. The SMILES string of the molecule is O=S(=O)(c1ccc(Cl)s1)N1CCCC(c2nnc(Cc3ccccc3)s2)C1. The first kappa shape index (κ1) is 19.0. The molecule has 1 aromatic carbocycles. The first-order valence-corrected chi connectivity index (χ1v) is 12.1. The van der Waals surface area contributed by atoms with Gasteiger partial charge in [-0.3, -0.25) is 0 Å². The van der Waals surface area contributed by atoms with Crippen molar-refractivity contribution in [2.75, 3.05) is 13.1 Å².